The van der Waals surface area contributed by atoms with Crippen LogP contribution in [0.3, 0.4) is 0 Å². The van der Waals surface area contributed by atoms with Crippen molar-refractivity contribution in [3.63, 3.8) is 0 Å². The molecule has 0 atom stereocenters. The van der Waals surface area contributed by atoms with Gasteiger partial charge in [0, 0.05) is 5.56 Å². The van der Waals surface area contributed by atoms with Crippen molar-refractivity contribution in [3.8, 4) is 0 Å². The zero-order chi connectivity index (χ0) is 21.5. The van der Waals surface area contributed by atoms with E-state index in [2.05, 4.69) is 10.9 Å². The van der Waals surface area contributed by atoms with Crippen LogP contribution >= 0.6 is 46.4 Å². The predicted molar refractivity (Wildman–Crippen MR) is 109 cm³/mol. The van der Waals surface area contributed by atoms with Gasteiger partial charge in [0.25, 0.3) is 23.6 Å². The lowest BCUT2D eigenvalue weighted by atomic mass is 10.1. The van der Waals surface area contributed by atoms with Crippen LogP contribution in [-0.2, 0) is 4.79 Å². The molecule has 0 saturated carbocycles. The van der Waals surface area contributed by atoms with Gasteiger partial charge in [-0.1, -0.05) is 64.1 Å². The van der Waals surface area contributed by atoms with Gasteiger partial charge in [-0.15, -0.1) is 0 Å². The Morgan fingerprint density at radius 2 is 1.31 bits per heavy atom. The maximum Gasteiger partial charge on any atom is 0.269 e. The first-order chi connectivity index (χ1) is 13.6. The summed E-state index contributed by atoms with van der Waals surface area (Å²) in [6.45, 7) is 1.19. The standard InChI is InChI=1S/C18H11Cl4N3O4/c1-7-2-4-8(5-3-7)16(27)24-23-9(26)6-25-17(28)10-11(18(25)29)13(20)15(22)14(21)12(10)19/h2-5H,6H2,1H3,(H,23,26)(H,24,27). The maximum absolute atomic E-state index is 12.6. The summed E-state index contributed by atoms with van der Waals surface area (Å²) in [6, 6.07) is 6.63. The molecule has 2 aromatic carbocycles. The van der Waals surface area contributed by atoms with Gasteiger partial charge in [-0.25, -0.2) is 0 Å². The summed E-state index contributed by atoms with van der Waals surface area (Å²) in [7, 11) is 0. The molecule has 2 aromatic rings. The van der Waals surface area contributed by atoms with Crippen molar-refractivity contribution in [2.45, 2.75) is 6.92 Å². The number of fused-ring (bicyclic) bond motifs is 1. The highest BCUT2D eigenvalue weighted by Gasteiger charge is 2.42. The predicted octanol–water partition coefficient (Wildman–Crippen LogP) is 3.67. The Morgan fingerprint density at radius 1 is 0.828 bits per heavy atom. The number of hydrogen-bond donors (Lipinski definition) is 2. The molecule has 4 amide bonds. The second-order valence-electron chi connectivity index (χ2n) is 6.07. The summed E-state index contributed by atoms with van der Waals surface area (Å²) < 4.78 is 0. The zero-order valence-corrected chi connectivity index (χ0v) is 17.6. The Kier molecular flexibility index (Phi) is 6.05. The third-order valence-corrected chi connectivity index (χ3v) is 5.92. The van der Waals surface area contributed by atoms with Gasteiger partial charge in [0.2, 0.25) is 0 Å². The number of imide groups is 1. The summed E-state index contributed by atoms with van der Waals surface area (Å²) >= 11 is 23.9. The topological polar surface area (TPSA) is 95.6 Å². The Labute approximate surface area is 184 Å². The van der Waals surface area contributed by atoms with Crippen LogP contribution in [0.4, 0.5) is 0 Å². The van der Waals surface area contributed by atoms with Gasteiger partial charge in [-0.05, 0) is 19.1 Å². The first-order valence-corrected chi connectivity index (χ1v) is 9.52. The number of amides is 4. The first kappa shape index (κ1) is 21.4. The van der Waals surface area contributed by atoms with Crippen molar-refractivity contribution in [2.75, 3.05) is 6.54 Å². The minimum atomic E-state index is -0.851. The molecule has 1 heterocycles. The van der Waals surface area contributed by atoms with Gasteiger partial charge in [0.05, 0.1) is 31.2 Å². The molecule has 3 rings (SSSR count). The summed E-state index contributed by atoms with van der Waals surface area (Å²) in [4.78, 5) is 49.9. The highest BCUT2D eigenvalue weighted by molar-refractivity contribution is 6.55. The van der Waals surface area contributed by atoms with Crippen LogP contribution in [0.5, 0.6) is 0 Å². The number of aryl methyl sites for hydroxylation is 1. The monoisotopic (exact) mass is 473 g/mol. The lowest BCUT2D eigenvalue weighted by molar-refractivity contribution is -0.122. The zero-order valence-electron chi connectivity index (χ0n) is 14.6. The van der Waals surface area contributed by atoms with Crippen LogP contribution in [0.15, 0.2) is 24.3 Å². The molecule has 1 aliphatic rings. The van der Waals surface area contributed by atoms with E-state index >= 15 is 0 Å². The molecule has 0 aliphatic carbocycles. The molecule has 11 heteroatoms. The van der Waals surface area contributed by atoms with Crippen LogP contribution in [0.1, 0.15) is 36.6 Å². The van der Waals surface area contributed by atoms with Crippen molar-refractivity contribution in [1.29, 1.82) is 0 Å². The molecule has 1 aliphatic heterocycles. The van der Waals surface area contributed by atoms with E-state index in [0.29, 0.717) is 10.5 Å². The number of nitrogens with zero attached hydrogens (tertiary/aromatic N) is 1. The molecule has 0 radical (unpaired) electrons. The largest absolute Gasteiger partial charge is 0.271 e. The van der Waals surface area contributed by atoms with Crippen LogP contribution in [-0.4, -0.2) is 35.1 Å². The van der Waals surface area contributed by atoms with Crippen molar-refractivity contribution in [3.05, 3.63) is 66.6 Å². The van der Waals surface area contributed by atoms with E-state index < -0.39 is 30.2 Å². The normalized spacial score (nSPS) is 12.8. The second-order valence-corrected chi connectivity index (χ2v) is 7.58. The number of rotatable bonds is 3. The van der Waals surface area contributed by atoms with Crippen LogP contribution in [0, 0.1) is 6.92 Å². The van der Waals surface area contributed by atoms with Gasteiger partial charge in [-0.2, -0.15) is 0 Å². The molecular weight excluding hydrogens is 464 g/mol. The van der Waals surface area contributed by atoms with Crippen molar-refractivity contribution >= 4 is 70.0 Å². The Bertz CT molecular complexity index is 1020. The molecule has 0 unspecified atom stereocenters. The fraction of sp³-hybridized carbons (Fsp3) is 0.111. The summed E-state index contributed by atoms with van der Waals surface area (Å²) in [6.07, 6.45) is 0. The van der Waals surface area contributed by atoms with Crippen LogP contribution < -0.4 is 10.9 Å². The average molecular weight is 475 g/mol. The molecule has 0 aromatic heterocycles. The van der Waals surface area contributed by atoms with E-state index in [4.69, 9.17) is 46.4 Å². The number of halogens is 4. The van der Waals surface area contributed by atoms with E-state index in [0.717, 1.165) is 5.56 Å². The van der Waals surface area contributed by atoms with Crippen LogP contribution in [0.2, 0.25) is 20.1 Å². The number of carbonyl (C=O) groups excluding carboxylic acids is 4. The summed E-state index contributed by atoms with van der Waals surface area (Å²) in [5, 5.41) is -0.806. The fourth-order valence-corrected chi connectivity index (χ4v) is 3.64. The quantitative estimate of drug-likeness (QED) is 0.307. The molecule has 0 saturated heterocycles. The van der Waals surface area contributed by atoms with Gasteiger partial charge < -0.3 is 0 Å². The molecule has 0 spiro atoms. The highest BCUT2D eigenvalue weighted by Crippen LogP contribution is 2.44. The molecular formula is C18H11Cl4N3O4. The minimum Gasteiger partial charge on any atom is -0.271 e. The molecule has 29 heavy (non-hydrogen) atoms. The molecule has 150 valence electrons. The average Bonchev–Trinajstić information content (AvgIpc) is 2.94. The molecule has 0 bridgehead atoms. The smallest absolute Gasteiger partial charge is 0.269 e. The third-order valence-electron chi connectivity index (χ3n) is 4.12. The third kappa shape index (κ3) is 3.91. The Hall–Kier alpha value is -2.32. The van der Waals surface area contributed by atoms with Gasteiger partial charge in [0.15, 0.2) is 0 Å². The Balaban J connectivity index is 1.71. The van der Waals surface area contributed by atoms with Crippen molar-refractivity contribution < 1.29 is 19.2 Å². The lowest BCUT2D eigenvalue weighted by Crippen LogP contribution is -2.47. The van der Waals surface area contributed by atoms with Gasteiger partial charge >= 0.3 is 0 Å². The van der Waals surface area contributed by atoms with E-state index in [1.807, 2.05) is 6.92 Å². The van der Waals surface area contributed by atoms with Gasteiger partial charge in [0.1, 0.15) is 6.54 Å². The first-order valence-electron chi connectivity index (χ1n) is 8.01. The number of hydrogen-bond acceptors (Lipinski definition) is 4. The van der Waals surface area contributed by atoms with Crippen molar-refractivity contribution in [2.24, 2.45) is 0 Å². The molecule has 2 N–H and O–H groups in total. The molecule has 0 fully saturated rings. The van der Waals surface area contributed by atoms with E-state index in [-0.39, 0.29) is 31.2 Å². The van der Waals surface area contributed by atoms with Gasteiger partial charge in [-0.3, -0.25) is 34.9 Å². The van der Waals surface area contributed by atoms with E-state index in [1.54, 1.807) is 24.3 Å². The maximum atomic E-state index is 12.6. The van der Waals surface area contributed by atoms with Crippen LogP contribution in [0.25, 0.3) is 0 Å². The number of nitrogens with one attached hydrogen (secondary N) is 2. The van der Waals surface area contributed by atoms with Crippen molar-refractivity contribution in [1.82, 2.24) is 15.8 Å². The lowest BCUT2D eigenvalue weighted by Gasteiger charge is -2.14. The van der Waals surface area contributed by atoms with E-state index in [9.17, 15) is 19.2 Å². The number of benzene rings is 2. The fourth-order valence-electron chi connectivity index (χ4n) is 2.63. The SMILES string of the molecule is Cc1ccc(C(=O)NNC(=O)CN2C(=O)c3c(Cl)c(Cl)c(Cl)c(Cl)c3C2=O)cc1. The minimum absolute atomic E-state index is 0.171. The Morgan fingerprint density at radius 3 is 1.79 bits per heavy atom. The van der Waals surface area contributed by atoms with E-state index in [1.165, 1.54) is 0 Å². The summed E-state index contributed by atoms with van der Waals surface area (Å²) in [5.74, 6) is -3.08. The molecule has 7 nitrogen and oxygen atoms in total. The number of hydrazine groups is 1. The second kappa shape index (κ2) is 8.20. The number of carbonyl (C=O) groups is 4. The summed E-state index contributed by atoms with van der Waals surface area (Å²) in [5.41, 5.74) is 5.17. The highest BCUT2D eigenvalue weighted by atomic mass is 35.5.